The van der Waals surface area contributed by atoms with Crippen molar-refractivity contribution in [2.45, 2.75) is 26.0 Å². The number of hydrogen-bond acceptors (Lipinski definition) is 8. The number of ether oxygens (including phenoxy) is 1. The van der Waals surface area contributed by atoms with E-state index in [0.717, 1.165) is 33.9 Å². The van der Waals surface area contributed by atoms with Crippen LogP contribution in [0.25, 0.3) is 28.3 Å². The minimum atomic E-state index is -0.907. The summed E-state index contributed by atoms with van der Waals surface area (Å²) >= 11 is 0. The lowest BCUT2D eigenvalue weighted by Gasteiger charge is -2.17. The number of aryl methyl sites for hydroxylation is 1. The van der Waals surface area contributed by atoms with Crippen molar-refractivity contribution >= 4 is 11.5 Å². The van der Waals surface area contributed by atoms with E-state index in [0.29, 0.717) is 18.1 Å². The summed E-state index contributed by atoms with van der Waals surface area (Å²) in [5, 5.41) is 21.7. The third-order valence-corrected chi connectivity index (χ3v) is 5.33. The van der Waals surface area contributed by atoms with Gasteiger partial charge >= 0.3 is 0 Å². The lowest BCUT2D eigenvalue weighted by molar-refractivity contribution is 0.0285. The van der Waals surface area contributed by atoms with Gasteiger partial charge in [0, 0.05) is 37.5 Å². The maximum absolute atomic E-state index is 9.88. The molecular formula is C25H26N8O2. The summed E-state index contributed by atoms with van der Waals surface area (Å²) in [5.74, 6) is 1.36. The van der Waals surface area contributed by atoms with Gasteiger partial charge in [0.2, 0.25) is 0 Å². The van der Waals surface area contributed by atoms with Gasteiger partial charge in [0.25, 0.3) is 0 Å². The number of benzene rings is 1. The number of imidazole rings is 1. The fourth-order valence-electron chi connectivity index (χ4n) is 3.56. The molecule has 0 aliphatic heterocycles. The van der Waals surface area contributed by atoms with Gasteiger partial charge in [0.05, 0.1) is 29.4 Å². The van der Waals surface area contributed by atoms with Crippen LogP contribution in [0.15, 0.2) is 67.4 Å². The molecule has 0 aliphatic rings. The van der Waals surface area contributed by atoms with Crippen LogP contribution in [0.1, 0.15) is 19.4 Å². The zero-order valence-corrected chi connectivity index (χ0v) is 19.8. The molecule has 0 amide bonds. The molecule has 178 valence electrons. The average Bonchev–Trinajstić information content (AvgIpc) is 3.47. The molecule has 0 bridgehead atoms. The Morgan fingerprint density at radius 2 is 1.83 bits per heavy atom. The van der Waals surface area contributed by atoms with Gasteiger partial charge in [-0.3, -0.25) is 4.40 Å². The molecular weight excluding hydrogens is 444 g/mol. The molecule has 0 saturated heterocycles. The zero-order chi connectivity index (χ0) is 24.4. The largest absolute Gasteiger partial charge is 0.490 e. The van der Waals surface area contributed by atoms with Crippen LogP contribution in [0.2, 0.25) is 0 Å². The second-order valence-corrected chi connectivity index (χ2v) is 8.89. The quantitative estimate of drug-likeness (QED) is 0.355. The molecule has 4 aromatic heterocycles. The number of rotatable bonds is 8. The Labute approximate surface area is 202 Å². The minimum Gasteiger partial charge on any atom is -0.490 e. The van der Waals surface area contributed by atoms with Gasteiger partial charge in [-0.05, 0) is 25.5 Å². The van der Waals surface area contributed by atoms with Crippen molar-refractivity contribution in [2.75, 3.05) is 11.9 Å². The van der Waals surface area contributed by atoms with Crippen LogP contribution in [0, 0.1) is 0 Å². The Balaban J connectivity index is 1.28. The molecule has 0 unspecified atom stereocenters. The van der Waals surface area contributed by atoms with E-state index >= 15 is 0 Å². The Morgan fingerprint density at radius 3 is 2.57 bits per heavy atom. The Bertz CT molecular complexity index is 1450. The number of pyridine rings is 1. The topological polar surface area (TPSA) is 115 Å². The molecule has 5 aromatic rings. The van der Waals surface area contributed by atoms with Crippen molar-refractivity contribution in [1.29, 1.82) is 0 Å². The number of nitrogens with zero attached hydrogens (tertiary/aromatic N) is 7. The van der Waals surface area contributed by atoms with Gasteiger partial charge in [-0.25, -0.2) is 15.0 Å². The summed E-state index contributed by atoms with van der Waals surface area (Å²) in [4.78, 5) is 14.8. The maximum atomic E-state index is 9.88. The second kappa shape index (κ2) is 9.15. The van der Waals surface area contributed by atoms with Gasteiger partial charge in [0.1, 0.15) is 35.8 Å². The molecule has 35 heavy (non-hydrogen) atoms. The smallest absolute Gasteiger partial charge is 0.140 e. The van der Waals surface area contributed by atoms with Crippen molar-refractivity contribution in [3.8, 4) is 28.4 Å². The monoisotopic (exact) mass is 470 g/mol. The number of hydrogen-bond donors (Lipinski definition) is 2. The molecule has 0 spiro atoms. The Hall–Kier alpha value is -4.31. The summed E-state index contributed by atoms with van der Waals surface area (Å²) in [6.07, 6.45) is 6.94. The Morgan fingerprint density at radius 1 is 1.00 bits per heavy atom. The van der Waals surface area contributed by atoms with Crippen LogP contribution in [0.5, 0.6) is 5.75 Å². The van der Waals surface area contributed by atoms with Crippen molar-refractivity contribution < 1.29 is 9.84 Å². The molecule has 0 saturated carbocycles. The molecule has 1 aromatic carbocycles. The first-order valence-corrected chi connectivity index (χ1v) is 11.2. The lowest BCUT2D eigenvalue weighted by Crippen LogP contribution is -2.27. The van der Waals surface area contributed by atoms with Gasteiger partial charge in [-0.1, -0.05) is 24.3 Å². The normalized spacial score (nSPS) is 11.7. The van der Waals surface area contributed by atoms with Crippen LogP contribution in [-0.2, 0) is 13.6 Å². The Kier molecular flexibility index (Phi) is 5.87. The molecule has 0 radical (unpaired) electrons. The first kappa shape index (κ1) is 22.5. The minimum absolute atomic E-state index is 0.195. The van der Waals surface area contributed by atoms with Crippen molar-refractivity contribution in [3.05, 3.63) is 72.9 Å². The molecule has 4 heterocycles. The van der Waals surface area contributed by atoms with E-state index in [2.05, 4.69) is 42.6 Å². The number of nitrogens with one attached hydrogen (secondary N) is 1. The number of anilines is 1. The van der Waals surface area contributed by atoms with E-state index in [1.807, 2.05) is 40.9 Å². The summed E-state index contributed by atoms with van der Waals surface area (Å²) < 4.78 is 7.61. The van der Waals surface area contributed by atoms with Crippen LogP contribution in [0.4, 0.5) is 5.82 Å². The van der Waals surface area contributed by atoms with E-state index in [4.69, 9.17) is 4.74 Å². The van der Waals surface area contributed by atoms with Crippen LogP contribution >= 0.6 is 0 Å². The number of aromatic nitrogens is 7. The van der Waals surface area contributed by atoms with Crippen LogP contribution in [-0.4, -0.2) is 51.7 Å². The zero-order valence-electron chi connectivity index (χ0n) is 19.8. The highest BCUT2D eigenvalue weighted by atomic mass is 16.5. The van der Waals surface area contributed by atoms with Gasteiger partial charge in [-0.2, -0.15) is 15.0 Å². The van der Waals surface area contributed by atoms with E-state index in [9.17, 15) is 5.11 Å². The third kappa shape index (κ3) is 5.28. The van der Waals surface area contributed by atoms with Crippen molar-refractivity contribution in [3.63, 3.8) is 0 Å². The predicted molar refractivity (Wildman–Crippen MR) is 132 cm³/mol. The van der Waals surface area contributed by atoms with E-state index < -0.39 is 5.60 Å². The highest BCUT2D eigenvalue weighted by Crippen LogP contribution is 2.24. The van der Waals surface area contributed by atoms with E-state index in [-0.39, 0.29) is 6.61 Å². The predicted octanol–water partition coefficient (Wildman–Crippen LogP) is 3.35. The summed E-state index contributed by atoms with van der Waals surface area (Å²) in [5.41, 5.74) is 4.39. The SMILES string of the molecule is Cn1ncc(-c2ccc(CNc3cc(-c4cnc5cc(OCC(C)(C)O)ccn45)ncn3)cc2)n1. The molecule has 5 rings (SSSR count). The number of fused-ring (bicyclic) bond motifs is 1. The van der Waals surface area contributed by atoms with Gasteiger partial charge in [0.15, 0.2) is 0 Å². The molecule has 0 fully saturated rings. The van der Waals surface area contributed by atoms with Gasteiger partial charge < -0.3 is 15.2 Å². The fraction of sp³-hybridized carbons (Fsp3) is 0.240. The van der Waals surface area contributed by atoms with Crippen LogP contribution < -0.4 is 10.1 Å². The summed E-state index contributed by atoms with van der Waals surface area (Å²) in [6, 6.07) is 13.8. The molecule has 0 aliphatic carbocycles. The molecule has 10 heteroatoms. The first-order chi connectivity index (χ1) is 16.8. The third-order valence-electron chi connectivity index (χ3n) is 5.33. The van der Waals surface area contributed by atoms with E-state index in [1.54, 1.807) is 38.1 Å². The van der Waals surface area contributed by atoms with E-state index in [1.165, 1.54) is 6.33 Å². The maximum Gasteiger partial charge on any atom is 0.140 e. The van der Waals surface area contributed by atoms with Crippen molar-refractivity contribution in [2.24, 2.45) is 7.05 Å². The fourth-order valence-corrected chi connectivity index (χ4v) is 3.56. The first-order valence-electron chi connectivity index (χ1n) is 11.2. The summed E-state index contributed by atoms with van der Waals surface area (Å²) in [6.45, 7) is 4.22. The summed E-state index contributed by atoms with van der Waals surface area (Å²) in [7, 11) is 1.80. The molecule has 10 nitrogen and oxygen atoms in total. The lowest BCUT2D eigenvalue weighted by atomic mass is 10.1. The molecule has 0 atom stereocenters. The van der Waals surface area contributed by atoms with Crippen molar-refractivity contribution in [1.82, 2.24) is 34.3 Å². The van der Waals surface area contributed by atoms with Gasteiger partial charge in [-0.15, -0.1) is 0 Å². The van der Waals surface area contributed by atoms with Crippen LogP contribution in [0.3, 0.4) is 0 Å². The number of aliphatic hydroxyl groups is 1. The highest BCUT2D eigenvalue weighted by molar-refractivity contribution is 5.63. The average molecular weight is 471 g/mol. The standard InChI is InChI=1S/C25H26N8O2/c1-25(2,34)15-35-19-8-9-33-22(14-27-24(33)10-19)20-11-23(29-16-28-20)26-12-17-4-6-18(7-5-17)21-13-30-32(3)31-21/h4-11,13-14,16,34H,12,15H2,1-3H3,(H,26,28,29). The highest BCUT2D eigenvalue weighted by Gasteiger charge is 2.14. The second-order valence-electron chi connectivity index (χ2n) is 8.89. The molecule has 2 N–H and O–H groups in total.